The van der Waals surface area contributed by atoms with E-state index in [4.69, 9.17) is 5.11 Å². The van der Waals surface area contributed by atoms with Gasteiger partial charge >= 0.3 is 0 Å². The van der Waals surface area contributed by atoms with E-state index >= 15 is 0 Å². The van der Waals surface area contributed by atoms with Gasteiger partial charge in [0.05, 0.1) is 6.10 Å². The van der Waals surface area contributed by atoms with E-state index < -0.39 is 0 Å². The van der Waals surface area contributed by atoms with Gasteiger partial charge in [0.1, 0.15) is 0 Å². The Balaban J connectivity index is 1.93. The molecule has 0 fully saturated rings. The first-order valence-electron chi connectivity index (χ1n) is 7.39. The van der Waals surface area contributed by atoms with Gasteiger partial charge in [0.15, 0.2) is 0 Å². The van der Waals surface area contributed by atoms with Gasteiger partial charge in [-0.3, -0.25) is 0 Å². The number of hydrogen-bond acceptors (Lipinski definition) is 3. The number of nitrogens with one attached hydrogen (secondary N) is 1. The Kier molecular flexibility index (Phi) is 9.33. The van der Waals surface area contributed by atoms with E-state index in [-0.39, 0.29) is 6.10 Å². The smallest absolute Gasteiger partial charge is 0.0790 e. The maximum Gasteiger partial charge on any atom is 0.0790 e. The summed E-state index contributed by atoms with van der Waals surface area (Å²) in [6.07, 6.45) is 5.82. The SMILES string of the molecule is OCCCCNCCCCCC(O)c1ccccc1. The highest BCUT2D eigenvalue weighted by Crippen LogP contribution is 2.18. The molecule has 0 aromatic heterocycles. The lowest BCUT2D eigenvalue weighted by atomic mass is 10.0. The summed E-state index contributed by atoms with van der Waals surface area (Å²) in [6.45, 7) is 2.32. The van der Waals surface area contributed by atoms with Crippen molar-refractivity contribution in [2.75, 3.05) is 19.7 Å². The molecule has 0 saturated carbocycles. The number of benzene rings is 1. The predicted molar refractivity (Wildman–Crippen MR) is 79.1 cm³/mol. The Morgan fingerprint density at radius 1 is 0.895 bits per heavy atom. The Labute approximate surface area is 116 Å². The van der Waals surface area contributed by atoms with Crippen molar-refractivity contribution < 1.29 is 10.2 Å². The average molecular weight is 265 g/mol. The van der Waals surface area contributed by atoms with Crippen molar-refractivity contribution in [2.45, 2.75) is 44.6 Å². The number of unbranched alkanes of at least 4 members (excludes halogenated alkanes) is 3. The molecule has 3 nitrogen and oxygen atoms in total. The third-order valence-corrected chi connectivity index (χ3v) is 3.28. The molecule has 3 N–H and O–H groups in total. The van der Waals surface area contributed by atoms with Crippen LogP contribution in [-0.4, -0.2) is 29.9 Å². The second-order valence-electron chi connectivity index (χ2n) is 4.96. The summed E-state index contributed by atoms with van der Waals surface area (Å²) >= 11 is 0. The fourth-order valence-corrected chi connectivity index (χ4v) is 2.09. The summed E-state index contributed by atoms with van der Waals surface area (Å²) in [5.74, 6) is 0. The third-order valence-electron chi connectivity index (χ3n) is 3.28. The van der Waals surface area contributed by atoms with Gasteiger partial charge in [-0.15, -0.1) is 0 Å². The standard InChI is InChI=1S/C16H27NO2/c18-14-8-7-13-17-12-6-2-5-11-16(19)15-9-3-1-4-10-15/h1,3-4,9-10,16-19H,2,5-8,11-14H2. The zero-order valence-corrected chi connectivity index (χ0v) is 11.7. The average Bonchev–Trinajstić information content (AvgIpc) is 2.46. The van der Waals surface area contributed by atoms with Gasteiger partial charge in [-0.25, -0.2) is 0 Å². The molecule has 1 rings (SSSR count). The second-order valence-corrected chi connectivity index (χ2v) is 4.96. The van der Waals surface area contributed by atoms with Crippen LogP contribution in [0.2, 0.25) is 0 Å². The first-order chi connectivity index (χ1) is 9.34. The van der Waals surface area contributed by atoms with E-state index in [1.807, 2.05) is 30.3 Å². The second kappa shape index (κ2) is 11.0. The minimum Gasteiger partial charge on any atom is -0.396 e. The van der Waals surface area contributed by atoms with Gasteiger partial charge in [-0.1, -0.05) is 43.2 Å². The molecule has 1 unspecified atom stereocenters. The van der Waals surface area contributed by atoms with Crippen LogP contribution in [0, 0.1) is 0 Å². The van der Waals surface area contributed by atoms with Gasteiger partial charge in [0.2, 0.25) is 0 Å². The molecule has 0 spiro atoms. The van der Waals surface area contributed by atoms with Crippen molar-refractivity contribution in [2.24, 2.45) is 0 Å². The maximum atomic E-state index is 9.98. The zero-order chi connectivity index (χ0) is 13.8. The molecule has 0 aliphatic heterocycles. The molecule has 0 heterocycles. The quantitative estimate of drug-likeness (QED) is 0.539. The molecule has 0 saturated heterocycles. The lowest BCUT2D eigenvalue weighted by Gasteiger charge is -2.10. The highest BCUT2D eigenvalue weighted by atomic mass is 16.3. The normalized spacial score (nSPS) is 12.5. The summed E-state index contributed by atoms with van der Waals surface area (Å²) in [5, 5.41) is 22.0. The van der Waals surface area contributed by atoms with Crippen LogP contribution in [0.5, 0.6) is 0 Å². The van der Waals surface area contributed by atoms with Crippen LogP contribution < -0.4 is 5.32 Å². The van der Waals surface area contributed by atoms with Gasteiger partial charge < -0.3 is 15.5 Å². The fraction of sp³-hybridized carbons (Fsp3) is 0.625. The molecule has 0 radical (unpaired) electrons. The van der Waals surface area contributed by atoms with Crippen molar-refractivity contribution in [1.29, 1.82) is 0 Å². The number of rotatable bonds is 11. The minimum atomic E-state index is -0.321. The third kappa shape index (κ3) is 7.98. The molecule has 19 heavy (non-hydrogen) atoms. The van der Waals surface area contributed by atoms with Gasteiger partial charge in [0, 0.05) is 6.61 Å². The zero-order valence-electron chi connectivity index (χ0n) is 11.7. The van der Waals surface area contributed by atoms with Crippen LogP contribution >= 0.6 is 0 Å². The predicted octanol–water partition coefficient (Wildman–Crippen LogP) is 2.64. The summed E-state index contributed by atoms with van der Waals surface area (Å²) in [7, 11) is 0. The lowest BCUT2D eigenvalue weighted by Crippen LogP contribution is -2.16. The van der Waals surface area contributed by atoms with E-state index in [2.05, 4.69) is 5.32 Å². The van der Waals surface area contributed by atoms with Crippen LogP contribution in [0.4, 0.5) is 0 Å². The Morgan fingerprint density at radius 2 is 1.58 bits per heavy atom. The highest BCUT2D eigenvalue weighted by molar-refractivity contribution is 5.16. The van der Waals surface area contributed by atoms with Crippen LogP contribution in [0.3, 0.4) is 0 Å². The molecule has 1 atom stereocenters. The summed E-state index contributed by atoms with van der Waals surface area (Å²) in [6, 6.07) is 9.86. The Hall–Kier alpha value is -0.900. The molecule has 0 aliphatic carbocycles. The monoisotopic (exact) mass is 265 g/mol. The number of aliphatic hydroxyl groups is 2. The molecular weight excluding hydrogens is 238 g/mol. The molecule has 108 valence electrons. The van der Waals surface area contributed by atoms with Crippen LogP contribution in [0.25, 0.3) is 0 Å². The highest BCUT2D eigenvalue weighted by Gasteiger charge is 2.05. The fourth-order valence-electron chi connectivity index (χ4n) is 2.09. The molecule has 1 aromatic rings. The molecule has 0 bridgehead atoms. The molecule has 3 heteroatoms. The van der Waals surface area contributed by atoms with Crippen molar-refractivity contribution in [3.63, 3.8) is 0 Å². The first kappa shape index (κ1) is 16.2. The Morgan fingerprint density at radius 3 is 2.26 bits per heavy atom. The molecule has 0 aliphatic rings. The molecule has 0 amide bonds. The molecule has 1 aromatic carbocycles. The van der Waals surface area contributed by atoms with E-state index in [9.17, 15) is 5.11 Å². The van der Waals surface area contributed by atoms with Crippen LogP contribution in [0.1, 0.15) is 50.2 Å². The van der Waals surface area contributed by atoms with Crippen LogP contribution in [0.15, 0.2) is 30.3 Å². The van der Waals surface area contributed by atoms with Crippen molar-refractivity contribution >= 4 is 0 Å². The van der Waals surface area contributed by atoms with Crippen molar-refractivity contribution in [1.82, 2.24) is 5.32 Å². The summed E-state index contributed by atoms with van der Waals surface area (Å²) in [5.41, 5.74) is 1.02. The minimum absolute atomic E-state index is 0.291. The Bertz CT molecular complexity index is 303. The summed E-state index contributed by atoms with van der Waals surface area (Å²) < 4.78 is 0. The van der Waals surface area contributed by atoms with E-state index in [0.29, 0.717) is 6.61 Å². The van der Waals surface area contributed by atoms with E-state index in [1.54, 1.807) is 0 Å². The van der Waals surface area contributed by atoms with Gasteiger partial charge in [-0.2, -0.15) is 0 Å². The van der Waals surface area contributed by atoms with Crippen molar-refractivity contribution in [3.8, 4) is 0 Å². The van der Waals surface area contributed by atoms with E-state index in [0.717, 1.165) is 57.2 Å². The van der Waals surface area contributed by atoms with Crippen LogP contribution in [-0.2, 0) is 0 Å². The summed E-state index contributed by atoms with van der Waals surface area (Å²) in [4.78, 5) is 0. The number of aliphatic hydroxyl groups excluding tert-OH is 2. The maximum absolute atomic E-state index is 9.98. The lowest BCUT2D eigenvalue weighted by molar-refractivity contribution is 0.163. The van der Waals surface area contributed by atoms with Gasteiger partial charge in [-0.05, 0) is 44.3 Å². The topological polar surface area (TPSA) is 52.5 Å². The number of hydrogen-bond donors (Lipinski definition) is 3. The molecular formula is C16H27NO2. The first-order valence-corrected chi connectivity index (χ1v) is 7.39. The van der Waals surface area contributed by atoms with E-state index in [1.165, 1.54) is 0 Å². The van der Waals surface area contributed by atoms with Gasteiger partial charge in [0.25, 0.3) is 0 Å². The van der Waals surface area contributed by atoms with Crippen molar-refractivity contribution in [3.05, 3.63) is 35.9 Å². The largest absolute Gasteiger partial charge is 0.396 e.